The van der Waals surface area contributed by atoms with Gasteiger partial charge in [-0.2, -0.15) is 0 Å². The lowest BCUT2D eigenvalue weighted by Gasteiger charge is -2.23. The third kappa shape index (κ3) is 7.64. The van der Waals surface area contributed by atoms with Gasteiger partial charge >= 0.3 is 11.9 Å². The highest BCUT2D eigenvalue weighted by atomic mass is 16.5. The van der Waals surface area contributed by atoms with Gasteiger partial charge in [0.25, 0.3) is 5.91 Å². The summed E-state index contributed by atoms with van der Waals surface area (Å²) in [5, 5.41) is 27.1. The molecule has 6 N–H and O–H groups in total. The maximum Gasteiger partial charge on any atom is 0.321 e. The number of carboxylic acids is 2. The lowest BCUT2D eigenvalue weighted by Crippen LogP contribution is -2.37. The Hall–Kier alpha value is -3.50. The van der Waals surface area contributed by atoms with Crippen LogP contribution in [-0.2, 0) is 14.4 Å². The van der Waals surface area contributed by atoms with Crippen LogP contribution >= 0.6 is 0 Å². The van der Waals surface area contributed by atoms with Gasteiger partial charge in [-0.1, -0.05) is 24.6 Å². The lowest BCUT2D eigenvalue weighted by molar-refractivity contribution is -0.140. The van der Waals surface area contributed by atoms with Crippen molar-refractivity contribution in [1.82, 2.24) is 5.48 Å². The normalized spacial score (nSPS) is 14.5. The summed E-state index contributed by atoms with van der Waals surface area (Å²) >= 11 is 0. The zero-order chi connectivity index (χ0) is 24.6. The SMILES string of the molecule is CC(/C=C/C(=O)NO)=C\C(C)C(=O)c1cc(C(CC(=O)O)C(N)C(=O)O)cc(N(C)C)c1. The number of nitrogens with one attached hydrogen (secondary N) is 1. The fraction of sp³-hybridized carbons (Fsp3) is 0.364. The van der Waals surface area contributed by atoms with Gasteiger partial charge in [-0.15, -0.1) is 0 Å². The monoisotopic (exact) mass is 447 g/mol. The number of allylic oxidation sites excluding steroid dienone is 3. The number of amides is 1. The number of nitrogens with two attached hydrogens (primary N) is 1. The summed E-state index contributed by atoms with van der Waals surface area (Å²) in [6.45, 7) is 3.34. The van der Waals surface area contributed by atoms with Crippen molar-refractivity contribution in [2.75, 3.05) is 19.0 Å². The molecule has 3 atom stereocenters. The minimum Gasteiger partial charge on any atom is -0.481 e. The fourth-order valence-electron chi connectivity index (χ4n) is 3.09. The highest BCUT2D eigenvalue weighted by Gasteiger charge is 2.29. The van der Waals surface area contributed by atoms with E-state index in [9.17, 15) is 29.4 Å². The molecule has 10 nitrogen and oxygen atoms in total. The number of benzene rings is 1. The predicted octanol–water partition coefficient (Wildman–Crippen LogP) is 1.55. The van der Waals surface area contributed by atoms with E-state index in [-0.39, 0.29) is 11.3 Å². The molecule has 3 unspecified atom stereocenters. The Bertz CT molecular complexity index is 937. The second kappa shape index (κ2) is 11.8. The van der Waals surface area contributed by atoms with Crippen molar-refractivity contribution in [3.05, 3.63) is 53.1 Å². The van der Waals surface area contributed by atoms with E-state index >= 15 is 0 Å². The molecule has 0 spiro atoms. The maximum absolute atomic E-state index is 13.1. The van der Waals surface area contributed by atoms with E-state index in [1.807, 2.05) is 0 Å². The Balaban J connectivity index is 3.41. The highest BCUT2D eigenvalue weighted by molar-refractivity contribution is 6.00. The summed E-state index contributed by atoms with van der Waals surface area (Å²) in [7, 11) is 3.47. The number of nitrogens with zero attached hydrogens (tertiary/aromatic N) is 1. The van der Waals surface area contributed by atoms with Crippen LogP contribution in [0.25, 0.3) is 0 Å². The van der Waals surface area contributed by atoms with Gasteiger partial charge in [-0.25, -0.2) is 5.48 Å². The molecule has 32 heavy (non-hydrogen) atoms. The summed E-state index contributed by atoms with van der Waals surface area (Å²) in [5.74, 6) is -5.19. The number of carbonyl (C=O) groups excluding carboxylic acids is 2. The molecule has 1 amide bonds. The van der Waals surface area contributed by atoms with Gasteiger partial charge in [0.05, 0.1) is 6.42 Å². The van der Waals surface area contributed by atoms with Crippen molar-refractivity contribution in [3.63, 3.8) is 0 Å². The molecule has 0 saturated carbocycles. The molecule has 0 bridgehead atoms. The first-order valence-electron chi connectivity index (χ1n) is 9.74. The van der Waals surface area contributed by atoms with Crippen molar-refractivity contribution in [1.29, 1.82) is 0 Å². The summed E-state index contributed by atoms with van der Waals surface area (Å²) < 4.78 is 0. The van der Waals surface area contributed by atoms with Gasteiger partial charge in [0.15, 0.2) is 5.78 Å². The van der Waals surface area contributed by atoms with Crippen LogP contribution < -0.4 is 16.1 Å². The van der Waals surface area contributed by atoms with Gasteiger partial charge in [0.1, 0.15) is 6.04 Å². The number of rotatable bonds is 11. The molecule has 0 aliphatic carbocycles. The Kier molecular flexibility index (Phi) is 9.76. The largest absolute Gasteiger partial charge is 0.481 e. The number of carbonyl (C=O) groups is 4. The smallest absolute Gasteiger partial charge is 0.321 e. The predicted molar refractivity (Wildman–Crippen MR) is 118 cm³/mol. The first-order chi connectivity index (χ1) is 14.9. The zero-order valence-corrected chi connectivity index (χ0v) is 18.4. The number of aliphatic carboxylic acids is 2. The zero-order valence-electron chi connectivity index (χ0n) is 18.4. The van der Waals surface area contributed by atoms with E-state index in [2.05, 4.69) is 0 Å². The molecule has 0 saturated heterocycles. The van der Waals surface area contributed by atoms with Crippen LogP contribution in [0.4, 0.5) is 5.69 Å². The summed E-state index contributed by atoms with van der Waals surface area (Å²) in [6.07, 6.45) is 3.66. The van der Waals surface area contributed by atoms with Gasteiger partial charge < -0.3 is 20.8 Å². The van der Waals surface area contributed by atoms with E-state index in [1.165, 1.54) is 17.6 Å². The van der Waals surface area contributed by atoms with E-state index in [4.69, 9.17) is 10.9 Å². The van der Waals surface area contributed by atoms with Crippen LogP contribution in [0.3, 0.4) is 0 Å². The maximum atomic E-state index is 13.1. The molecule has 0 radical (unpaired) electrons. The van der Waals surface area contributed by atoms with Crippen LogP contribution in [0.5, 0.6) is 0 Å². The third-order valence-corrected chi connectivity index (χ3v) is 4.82. The second-order valence-electron chi connectivity index (χ2n) is 7.65. The molecule has 0 aromatic heterocycles. The van der Waals surface area contributed by atoms with E-state index < -0.39 is 42.1 Å². The number of hydroxylamine groups is 1. The average molecular weight is 447 g/mol. The first-order valence-corrected chi connectivity index (χ1v) is 9.74. The molecular weight excluding hydrogens is 418 g/mol. The van der Waals surface area contributed by atoms with Crippen molar-refractivity contribution < 1.29 is 34.6 Å². The average Bonchev–Trinajstić information content (AvgIpc) is 2.73. The molecule has 0 heterocycles. The van der Waals surface area contributed by atoms with E-state index in [0.717, 1.165) is 6.08 Å². The minimum atomic E-state index is -1.46. The van der Waals surface area contributed by atoms with Crippen molar-refractivity contribution in [2.24, 2.45) is 11.7 Å². The standard InChI is InChI=1S/C22H29N3O7/c1-12(5-6-18(26)24-32)7-13(2)21(29)15-8-14(9-16(10-15)25(3)4)17(11-19(27)28)20(23)22(30)31/h5-10,13,17,20,32H,11,23H2,1-4H3,(H,24,26)(H,27,28)(H,30,31)/b6-5+,12-7+. The van der Waals surface area contributed by atoms with Crippen LogP contribution in [0.15, 0.2) is 42.0 Å². The Morgan fingerprint density at radius 1 is 1.12 bits per heavy atom. The summed E-state index contributed by atoms with van der Waals surface area (Å²) in [5.41, 5.74) is 9.03. The van der Waals surface area contributed by atoms with Crippen molar-refractivity contribution in [3.8, 4) is 0 Å². The quantitative estimate of drug-likeness (QED) is 0.111. The molecule has 174 valence electrons. The molecule has 1 aromatic rings. The van der Waals surface area contributed by atoms with Gasteiger partial charge in [0, 0.05) is 43.3 Å². The first kappa shape index (κ1) is 26.5. The van der Waals surface area contributed by atoms with E-state index in [1.54, 1.807) is 51.1 Å². The Labute approximate surface area is 186 Å². The molecule has 0 aliphatic heterocycles. The number of hydrogen-bond acceptors (Lipinski definition) is 7. The molecule has 10 heteroatoms. The molecule has 0 aliphatic rings. The lowest BCUT2D eigenvalue weighted by atomic mass is 9.86. The third-order valence-electron chi connectivity index (χ3n) is 4.82. The van der Waals surface area contributed by atoms with Gasteiger partial charge in [0.2, 0.25) is 0 Å². The van der Waals surface area contributed by atoms with Gasteiger partial charge in [-0.05, 0) is 30.7 Å². The molecule has 0 fully saturated rings. The number of carboxylic acid groups (broad SMARTS) is 2. The van der Waals surface area contributed by atoms with Crippen LogP contribution in [-0.4, -0.2) is 59.2 Å². The molecule has 1 aromatic carbocycles. The van der Waals surface area contributed by atoms with Crippen LogP contribution in [0, 0.1) is 5.92 Å². The van der Waals surface area contributed by atoms with Crippen molar-refractivity contribution >= 4 is 29.3 Å². The second-order valence-corrected chi connectivity index (χ2v) is 7.65. The molecule has 1 rings (SSSR count). The number of hydrogen-bond donors (Lipinski definition) is 5. The van der Waals surface area contributed by atoms with E-state index in [0.29, 0.717) is 16.8 Å². The Morgan fingerprint density at radius 2 is 1.75 bits per heavy atom. The minimum absolute atomic E-state index is 0.271. The fourth-order valence-corrected chi connectivity index (χ4v) is 3.09. The number of ketones is 1. The topological polar surface area (TPSA) is 170 Å². The number of Topliss-reactive ketones (excluding diaryl/α,β-unsaturated/α-hetero) is 1. The number of anilines is 1. The summed E-state index contributed by atoms with van der Waals surface area (Å²) in [4.78, 5) is 48.7. The summed E-state index contributed by atoms with van der Waals surface area (Å²) in [6, 6.07) is 3.26. The highest BCUT2D eigenvalue weighted by Crippen LogP contribution is 2.29. The van der Waals surface area contributed by atoms with Crippen LogP contribution in [0.1, 0.15) is 42.1 Å². The van der Waals surface area contributed by atoms with Crippen molar-refractivity contribution in [2.45, 2.75) is 32.2 Å². The molecular formula is C22H29N3O7. The van der Waals surface area contributed by atoms with Crippen LogP contribution in [0.2, 0.25) is 0 Å². The Morgan fingerprint density at radius 3 is 2.25 bits per heavy atom. The van der Waals surface area contributed by atoms with Gasteiger partial charge in [-0.3, -0.25) is 24.4 Å².